The maximum Gasteiger partial charge on any atom is 0.250 e. The number of hydrogen-bond acceptors (Lipinski definition) is 5. The van der Waals surface area contributed by atoms with Crippen LogP contribution >= 0.6 is 27.3 Å². The summed E-state index contributed by atoms with van der Waals surface area (Å²) >= 11 is 4.92. The van der Waals surface area contributed by atoms with Crippen molar-refractivity contribution in [3.8, 4) is 16.5 Å². The Bertz CT molecular complexity index is 722. The maximum atomic E-state index is 11.2. The molecule has 0 saturated heterocycles. The Morgan fingerprint density at radius 1 is 1.26 bits per heavy atom. The van der Waals surface area contributed by atoms with E-state index in [4.69, 9.17) is 0 Å². The van der Waals surface area contributed by atoms with Crippen LogP contribution in [0.2, 0.25) is 0 Å². The van der Waals surface area contributed by atoms with Gasteiger partial charge in [-0.25, -0.2) is 14.6 Å². The lowest BCUT2D eigenvalue weighted by molar-refractivity contribution is 0.112. The van der Waals surface area contributed by atoms with Crippen molar-refractivity contribution in [2.45, 2.75) is 0 Å². The van der Waals surface area contributed by atoms with Gasteiger partial charge in [-0.2, -0.15) is 5.10 Å². The average molecular weight is 335 g/mol. The quantitative estimate of drug-likeness (QED) is 0.691. The molecule has 0 fully saturated rings. The van der Waals surface area contributed by atoms with Gasteiger partial charge in [0.15, 0.2) is 6.29 Å². The predicted octanol–water partition coefficient (Wildman–Crippen LogP) is 2.97. The standard InChI is InChI=1S/C12H7BrN4OS/c13-10-3-2-9(19-10)11-8(7-18)6-17(16-11)12-14-4-1-5-15-12/h1-7H. The molecule has 0 bridgehead atoms. The van der Waals surface area contributed by atoms with Crippen LogP contribution in [0.5, 0.6) is 0 Å². The number of hydrogen-bond donors (Lipinski definition) is 0. The molecule has 0 aromatic carbocycles. The summed E-state index contributed by atoms with van der Waals surface area (Å²) in [5, 5.41) is 4.38. The van der Waals surface area contributed by atoms with E-state index >= 15 is 0 Å². The molecule has 0 radical (unpaired) electrons. The summed E-state index contributed by atoms with van der Waals surface area (Å²) in [6, 6.07) is 5.57. The minimum absolute atomic E-state index is 0.437. The van der Waals surface area contributed by atoms with Gasteiger partial charge < -0.3 is 0 Å². The summed E-state index contributed by atoms with van der Waals surface area (Å²) < 4.78 is 2.50. The molecule has 3 aromatic rings. The van der Waals surface area contributed by atoms with E-state index in [0.717, 1.165) is 14.9 Å². The lowest BCUT2D eigenvalue weighted by Gasteiger charge is -1.96. The third kappa shape index (κ3) is 2.34. The van der Waals surface area contributed by atoms with E-state index in [1.165, 1.54) is 16.0 Å². The van der Waals surface area contributed by atoms with E-state index in [-0.39, 0.29) is 0 Å². The van der Waals surface area contributed by atoms with Crippen LogP contribution in [0.3, 0.4) is 0 Å². The van der Waals surface area contributed by atoms with Crippen molar-refractivity contribution in [3.05, 3.63) is 46.1 Å². The highest BCUT2D eigenvalue weighted by Gasteiger charge is 2.14. The van der Waals surface area contributed by atoms with Crippen molar-refractivity contribution in [2.24, 2.45) is 0 Å². The van der Waals surface area contributed by atoms with Gasteiger partial charge in [-0.1, -0.05) is 0 Å². The zero-order valence-electron chi connectivity index (χ0n) is 9.52. The number of thiophene rings is 1. The molecule has 0 unspecified atom stereocenters. The molecule has 7 heteroatoms. The van der Waals surface area contributed by atoms with Crippen LogP contribution in [0.4, 0.5) is 0 Å². The van der Waals surface area contributed by atoms with Crippen LogP contribution in [0, 0.1) is 0 Å². The molecule has 0 atom stereocenters. The van der Waals surface area contributed by atoms with Gasteiger partial charge >= 0.3 is 0 Å². The predicted molar refractivity (Wildman–Crippen MR) is 75.6 cm³/mol. The number of carbonyl (C=O) groups excluding carboxylic acids is 1. The van der Waals surface area contributed by atoms with Crippen molar-refractivity contribution >= 4 is 33.6 Å². The topological polar surface area (TPSA) is 60.7 Å². The van der Waals surface area contributed by atoms with Crippen molar-refractivity contribution < 1.29 is 4.79 Å². The van der Waals surface area contributed by atoms with E-state index in [1.807, 2.05) is 12.1 Å². The summed E-state index contributed by atoms with van der Waals surface area (Å²) in [5.74, 6) is 0.437. The number of aromatic nitrogens is 4. The Morgan fingerprint density at radius 2 is 2.05 bits per heavy atom. The zero-order valence-corrected chi connectivity index (χ0v) is 11.9. The van der Waals surface area contributed by atoms with Crippen LogP contribution in [0.1, 0.15) is 10.4 Å². The first-order valence-corrected chi connectivity index (χ1v) is 6.97. The van der Waals surface area contributed by atoms with Crippen molar-refractivity contribution in [1.29, 1.82) is 0 Å². The van der Waals surface area contributed by atoms with Crippen molar-refractivity contribution in [2.75, 3.05) is 0 Å². The average Bonchev–Trinajstić information content (AvgIpc) is 3.05. The first kappa shape index (κ1) is 12.2. The number of aldehydes is 1. The number of nitrogens with zero attached hydrogens (tertiary/aromatic N) is 4. The second-order valence-electron chi connectivity index (χ2n) is 3.65. The lowest BCUT2D eigenvalue weighted by Crippen LogP contribution is -2.00. The fraction of sp³-hybridized carbons (Fsp3) is 0. The SMILES string of the molecule is O=Cc1cn(-c2ncccn2)nc1-c1ccc(Br)s1. The molecule has 3 rings (SSSR count). The number of rotatable bonds is 3. The van der Waals surface area contributed by atoms with E-state index < -0.39 is 0 Å². The molecule has 19 heavy (non-hydrogen) atoms. The maximum absolute atomic E-state index is 11.2. The third-order valence-corrected chi connectivity index (χ3v) is 4.06. The summed E-state index contributed by atoms with van der Waals surface area (Å²) in [5.41, 5.74) is 1.15. The van der Waals surface area contributed by atoms with Gasteiger partial charge in [-0.05, 0) is 34.1 Å². The fourth-order valence-electron chi connectivity index (χ4n) is 1.62. The van der Waals surface area contributed by atoms with Crippen LogP contribution in [-0.4, -0.2) is 26.0 Å². The Morgan fingerprint density at radius 3 is 2.68 bits per heavy atom. The normalized spacial score (nSPS) is 10.6. The highest BCUT2D eigenvalue weighted by atomic mass is 79.9. The molecule has 5 nitrogen and oxygen atoms in total. The molecule has 0 aliphatic heterocycles. The van der Waals surface area contributed by atoms with Gasteiger partial charge in [-0.3, -0.25) is 4.79 Å². The molecule has 3 heterocycles. The van der Waals surface area contributed by atoms with Gasteiger partial charge in [0.25, 0.3) is 0 Å². The van der Waals surface area contributed by atoms with Crippen LogP contribution in [-0.2, 0) is 0 Å². The molecule has 0 N–H and O–H groups in total. The minimum Gasteiger partial charge on any atom is -0.298 e. The fourth-order valence-corrected chi connectivity index (χ4v) is 3.01. The minimum atomic E-state index is 0.437. The van der Waals surface area contributed by atoms with Crippen molar-refractivity contribution in [3.63, 3.8) is 0 Å². The summed E-state index contributed by atoms with van der Waals surface area (Å²) in [6.45, 7) is 0. The largest absolute Gasteiger partial charge is 0.298 e. The second kappa shape index (κ2) is 5.02. The van der Waals surface area contributed by atoms with Gasteiger partial charge in [0.2, 0.25) is 5.95 Å². The first-order valence-electron chi connectivity index (χ1n) is 5.36. The molecule has 0 spiro atoms. The van der Waals surface area contributed by atoms with Crippen LogP contribution in [0.25, 0.3) is 16.5 Å². The Labute approximate surface area is 121 Å². The Kier molecular flexibility index (Phi) is 3.22. The second-order valence-corrected chi connectivity index (χ2v) is 6.11. The molecular formula is C12H7BrN4OS. The lowest BCUT2D eigenvalue weighted by atomic mass is 10.2. The van der Waals surface area contributed by atoms with E-state index in [9.17, 15) is 4.79 Å². The summed E-state index contributed by atoms with van der Waals surface area (Å²) in [7, 11) is 0. The van der Waals surface area contributed by atoms with E-state index in [2.05, 4.69) is 31.0 Å². The third-order valence-electron chi connectivity index (χ3n) is 2.43. The van der Waals surface area contributed by atoms with Gasteiger partial charge in [0.05, 0.1) is 14.2 Å². The highest BCUT2D eigenvalue weighted by Crippen LogP contribution is 2.32. The Hall–Kier alpha value is -1.86. The molecular weight excluding hydrogens is 328 g/mol. The molecule has 94 valence electrons. The van der Waals surface area contributed by atoms with Crippen LogP contribution < -0.4 is 0 Å². The van der Waals surface area contributed by atoms with Crippen molar-refractivity contribution in [1.82, 2.24) is 19.7 Å². The molecule has 3 aromatic heterocycles. The van der Waals surface area contributed by atoms with Gasteiger partial charge in [0, 0.05) is 18.6 Å². The van der Waals surface area contributed by atoms with Crippen LogP contribution in [0.15, 0.2) is 40.6 Å². The van der Waals surface area contributed by atoms with Gasteiger partial charge in [-0.15, -0.1) is 11.3 Å². The van der Waals surface area contributed by atoms with Gasteiger partial charge in [0.1, 0.15) is 5.69 Å². The summed E-state index contributed by atoms with van der Waals surface area (Å²) in [6.07, 6.45) is 5.68. The number of carbonyl (C=O) groups is 1. The first-order chi connectivity index (χ1) is 9.28. The molecule has 0 saturated carbocycles. The molecule has 0 aliphatic rings. The smallest absolute Gasteiger partial charge is 0.250 e. The highest BCUT2D eigenvalue weighted by molar-refractivity contribution is 9.11. The molecule has 0 aliphatic carbocycles. The zero-order chi connectivity index (χ0) is 13.2. The van der Waals surface area contributed by atoms with E-state index in [1.54, 1.807) is 24.7 Å². The van der Waals surface area contributed by atoms with E-state index in [0.29, 0.717) is 17.2 Å². The number of halogens is 1. The summed E-state index contributed by atoms with van der Waals surface area (Å²) in [4.78, 5) is 20.3. The monoisotopic (exact) mass is 334 g/mol. The Balaban J connectivity index is 2.11. The molecule has 0 amide bonds.